The molecule has 1 aromatic heterocycles. The van der Waals surface area contributed by atoms with Crippen LogP contribution in [0.1, 0.15) is 11.5 Å². The van der Waals surface area contributed by atoms with E-state index in [1.54, 1.807) is 25.1 Å². The van der Waals surface area contributed by atoms with E-state index in [4.69, 9.17) is 16.3 Å². The first-order valence-electron chi connectivity index (χ1n) is 5.53. The highest BCUT2D eigenvalue weighted by molar-refractivity contribution is 9.10. The van der Waals surface area contributed by atoms with Crippen LogP contribution in [0.4, 0.5) is 5.69 Å². The van der Waals surface area contributed by atoms with Crippen molar-refractivity contribution in [1.82, 2.24) is 9.97 Å². The molecule has 0 radical (unpaired) electrons. The molecular weight excluding hydrogens is 350 g/mol. The van der Waals surface area contributed by atoms with Crippen LogP contribution >= 0.6 is 27.5 Å². The Kier molecular flexibility index (Phi) is 4.51. The lowest BCUT2D eigenvalue weighted by Crippen LogP contribution is -2.04. The zero-order valence-corrected chi connectivity index (χ0v) is 12.7. The second-order valence-corrected chi connectivity index (χ2v) is 5.12. The highest BCUT2D eigenvalue weighted by Crippen LogP contribution is 2.35. The van der Waals surface area contributed by atoms with Gasteiger partial charge in [-0.2, -0.15) is 0 Å². The third-order valence-corrected chi connectivity index (χ3v) is 3.18. The Morgan fingerprint density at radius 2 is 2.20 bits per heavy atom. The minimum atomic E-state index is -0.510. The molecule has 1 heterocycles. The molecule has 2 aromatic rings. The first kappa shape index (κ1) is 14.7. The number of nitro groups is 1. The van der Waals surface area contributed by atoms with E-state index < -0.39 is 4.92 Å². The van der Waals surface area contributed by atoms with Crippen molar-refractivity contribution in [2.45, 2.75) is 13.5 Å². The van der Waals surface area contributed by atoms with E-state index in [9.17, 15) is 10.1 Å². The van der Waals surface area contributed by atoms with Crippen molar-refractivity contribution in [3.05, 3.63) is 55.5 Å². The van der Waals surface area contributed by atoms with Gasteiger partial charge in [0, 0.05) is 11.8 Å². The Hall–Kier alpha value is -1.73. The SMILES string of the molecule is Cc1cc(Cl)nc(COc2c(Br)cccc2[N+](=O)[O-])n1. The van der Waals surface area contributed by atoms with Crippen molar-refractivity contribution in [3.8, 4) is 5.75 Å². The van der Waals surface area contributed by atoms with E-state index in [0.717, 1.165) is 0 Å². The molecule has 0 bridgehead atoms. The number of ether oxygens (including phenoxy) is 1. The van der Waals surface area contributed by atoms with E-state index in [2.05, 4.69) is 25.9 Å². The molecule has 6 nitrogen and oxygen atoms in total. The molecule has 0 atom stereocenters. The van der Waals surface area contributed by atoms with Gasteiger partial charge < -0.3 is 4.74 Å². The van der Waals surface area contributed by atoms with Gasteiger partial charge >= 0.3 is 5.69 Å². The molecule has 0 N–H and O–H groups in total. The number of hydrogen-bond donors (Lipinski definition) is 0. The van der Waals surface area contributed by atoms with Gasteiger partial charge in [-0.1, -0.05) is 17.7 Å². The monoisotopic (exact) mass is 357 g/mol. The van der Waals surface area contributed by atoms with E-state index in [0.29, 0.717) is 21.1 Å². The quantitative estimate of drug-likeness (QED) is 0.473. The molecule has 0 aliphatic rings. The first-order chi connectivity index (χ1) is 9.47. The molecule has 1 aromatic carbocycles. The largest absolute Gasteiger partial charge is 0.478 e. The third-order valence-electron chi connectivity index (χ3n) is 2.36. The molecule has 20 heavy (non-hydrogen) atoms. The average Bonchev–Trinajstić information content (AvgIpc) is 2.35. The molecule has 0 fully saturated rings. The Bertz CT molecular complexity index is 646. The molecule has 8 heteroatoms. The summed E-state index contributed by atoms with van der Waals surface area (Å²) in [5.74, 6) is 0.499. The van der Waals surface area contributed by atoms with E-state index in [1.807, 2.05) is 0 Å². The van der Waals surface area contributed by atoms with Gasteiger partial charge in [0.05, 0.1) is 9.40 Å². The molecule has 0 aliphatic heterocycles. The average molecular weight is 359 g/mol. The summed E-state index contributed by atoms with van der Waals surface area (Å²) in [5, 5.41) is 11.2. The summed E-state index contributed by atoms with van der Waals surface area (Å²) < 4.78 is 5.94. The van der Waals surface area contributed by atoms with Gasteiger partial charge in [0.15, 0.2) is 5.82 Å². The first-order valence-corrected chi connectivity index (χ1v) is 6.70. The van der Waals surface area contributed by atoms with Gasteiger partial charge in [-0.05, 0) is 35.0 Å². The summed E-state index contributed by atoms with van der Waals surface area (Å²) in [7, 11) is 0. The highest BCUT2D eigenvalue weighted by atomic mass is 79.9. The van der Waals surface area contributed by atoms with Crippen molar-refractivity contribution >= 4 is 33.2 Å². The van der Waals surface area contributed by atoms with Crippen molar-refractivity contribution in [2.75, 3.05) is 0 Å². The summed E-state index contributed by atoms with van der Waals surface area (Å²) >= 11 is 9.04. The van der Waals surface area contributed by atoms with Gasteiger partial charge in [0.25, 0.3) is 0 Å². The van der Waals surface area contributed by atoms with E-state index in [-0.39, 0.29) is 18.0 Å². The number of aryl methyl sites for hydroxylation is 1. The predicted molar refractivity (Wildman–Crippen MR) is 76.9 cm³/mol. The normalized spacial score (nSPS) is 10.3. The maximum atomic E-state index is 10.9. The zero-order valence-electron chi connectivity index (χ0n) is 10.3. The molecule has 2 rings (SSSR count). The second-order valence-electron chi connectivity index (χ2n) is 3.88. The fourth-order valence-corrected chi connectivity index (χ4v) is 2.30. The van der Waals surface area contributed by atoms with Crippen LogP contribution in [0.2, 0.25) is 5.15 Å². The van der Waals surface area contributed by atoms with Crippen LogP contribution < -0.4 is 4.74 Å². The van der Waals surface area contributed by atoms with E-state index in [1.165, 1.54) is 6.07 Å². The highest BCUT2D eigenvalue weighted by Gasteiger charge is 2.18. The fraction of sp³-hybridized carbons (Fsp3) is 0.167. The summed E-state index contributed by atoms with van der Waals surface area (Å²) in [4.78, 5) is 18.6. The van der Waals surface area contributed by atoms with Gasteiger partial charge in [-0.15, -0.1) is 0 Å². The zero-order chi connectivity index (χ0) is 14.7. The molecular formula is C12H9BrClN3O3. The van der Waals surface area contributed by atoms with Crippen molar-refractivity contribution in [1.29, 1.82) is 0 Å². The third kappa shape index (κ3) is 3.43. The molecule has 104 valence electrons. The van der Waals surface area contributed by atoms with E-state index >= 15 is 0 Å². The Morgan fingerprint density at radius 3 is 2.85 bits per heavy atom. The topological polar surface area (TPSA) is 78.2 Å². The van der Waals surface area contributed by atoms with Gasteiger partial charge in [0.1, 0.15) is 11.8 Å². The summed E-state index contributed by atoms with van der Waals surface area (Å²) in [6.45, 7) is 1.77. The molecule has 0 saturated heterocycles. The number of hydrogen-bond acceptors (Lipinski definition) is 5. The van der Waals surface area contributed by atoms with Crippen molar-refractivity contribution < 1.29 is 9.66 Å². The number of aromatic nitrogens is 2. The maximum absolute atomic E-state index is 10.9. The van der Waals surface area contributed by atoms with Gasteiger partial charge in [-0.3, -0.25) is 10.1 Å². The van der Waals surface area contributed by atoms with Crippen molar-refractivity contribution in [2.24, 2.45) is 0 Å². The number of nitrogens with zero attached hydrogens (tertiary/aromatic N) is 3. The molecule has 0 aliphatic carbocycles. The standard InChI is InChI=1S/C12H9BrClN3O3/c1-7-5-10(14)16-11(15-7)6-20-12-8(13)3-2-4-9(12)17(18)19/h2-5H,6H2,1H3. The minimum absolute atomic E-state index is 0.00907. The van der Waals surface area contributed by atoms with Crippen LogP contribution in [0.25, 0.3) is 0 Å². The van der Waals surface area contributed by atoms with Crippen LogP contribution in [0, 0.1) is 17.0 Å². The molecule has 0 amide bonds. The maximum Gasteiger partial charge on any atom is 0.312 e. The minimum Gasteiger partial charge on any atom is -0.478 e. The van der Waals surface area contributed by atoms with Crippen LogP contribution in [0.3, 0.4) is 0 Å². The smallest absolute Gasteiger partial charge is 0.312 e. The lowest BCUT2D eigenvalue weighted by atomic mass is 10.3. The Balaban J connectivity index is 2.25. The molecule has 0 saturated carbocycles. The number of para-hydroxylation sites is 1. The van der Waals surface area contributed by atoms with Crippen LogP contribution in [-0.4, -0.2) is 14.9 Å². The number of nitro benzene ring substituents is 1. The van der Waals surface area contributed by atoms with Crippen molar-refractivity contribution in [3.63, 3.8) is 0 Å². The number of halogens is 2. The Labute approximate surface area is 128 Å². The number of rotatable bonds is 4. The predicted octanol–water partition coefficient (Wildman–Crippen LogP) is 3.69. The summed E-state index contributed by atoms with van der Waals surface area (Å²) in [6, 6.07) is 6.21. The fourth-order valence-electron chi connectivity index (χ4n) is 1.57. The summed E-state index contributed by atoms with van der Waals surface area (Å²) in [5.41, 5.74) is 0.573. The van der Waals surface area contributed by atoms with Crippen LogP contribution in [-0.2, 0) is 6.61 Å². The Morgan fingerprint density at radius 1 is 1.45 bits per heavy atom. The second kappa shape index (κ2) is 6.15. The molecule has 0 spiro atoms. The van der Waals surface area contributed by atoms with Gasteiger partial charge in [0.2, 0.25) is 5.75 Å². The van der Waals surface area contributed by atoms with Crippen LogP contribution in [0.15, 0.2) is 28.7 Å². The number of benzene rings is 1. The van der Waals surface area contributed by atoms with Gasteiger partial charge in [-0.25, -0.2) is 9.97 Å². The lowest BCUT2D eigenvalue weighted by molar-refractivity contribution is -0.386. The van der Waals surface area contributed by atoms with Crippen LogP contribution in [0.5, 0.6) is 5.75 Å². The summed E-state index contributed by atoms with van der Waals surface area (Å²) in [6.07, 6.45) is 0. The lowest BCUT2D eigenvalue weighted by Gasteiger charge is -2.08. The molecule has 0 unspecified atom stereocenters.